The van der Waals surface area contributed by atoms with Crippen molar-refractivity contribution in [3.05, 3.63) is 47.5 Å². The Morgan fingerprint density at radius 1 is 0.803 bits per heavy atom. The van der Waals surface area contributed by atoms with Gasteiger partial charge < -0.3 is 58.2 Å². The maximum atomic E-state index is 14.2. The number of hydrogen-bond donors (Lipinski definition) is 8. The van der Waals surface area contributed by atoms with Crippen LogP contribution in [-0.2, 0) is 35.2 Å². The number of rotatable bonds is 21. The Bertz CT molecular complexity index is 1790. The van der Waals surface area contributed by atoms with Crippen LogP contribution in [0.15, 0.2) is 36.4 Å². The largest absolute Gasteiger partial charge is 0.492 e. The van der Waals surface area contributed by atoms with Gasteiger partial charge in [-0.25, -0.2) is 0 Å². The molecule has 0 radical (unpaired) electrons. The normalized spacial score (nSPS) is 15.9. The highest BCUT2D eigenvalue weighted by Crippen LogP contribution is 2.40. The van der Waals surface area contributed by atoms with Crippen molar-refractivity contribution in [2.45, 2.75) is 96.7 Å². The standard InChI is InChI=1S/C41H59N9O8.C2H7N/c1-4-5-6-7-8-9-10-11-35(51)46-25-36(52)47-26-37(53)50(3)38-29-13-15-34(58-21-18-44)31(24-29)30-22-28(12-14-33(30)57-20-17-43)23-32(40(55)45-19-16-42)49-39(54)27(2)48-41(38)56;1-2-3/h12-15,22,24,27,32,38H,4-11,17-21,23,25-26,43-44H2,1-3H3,(H,45,55)(H,46,51)(H,47,52)(H,48,56)(H,49,54);2-3H2,1H3/t27-,32?,38?;/m0./s1. The zero-order valence-corrected chi connectivity index (χ0v) is 36.1. The quantitative estimate of drug-likeness (QED) is 0.0647. The van der Waals surface area contributed by atoms with Crippen LogP contribution in [0.1, 0.15) is 89.3 Å². The highest BCUT2D eigenvalue weighted by Gasteiger charge is 2.33. The van der Waals surface area contributed by atoms with Crippen molar-refractivity contribution in [1.29, 1.82) is 5.26 Å². The van der Waals surface area contributed by atoms with Crippen molar-refractivity contribution in [3.8, 4) is 28.7 Å². The van der Waals surface area contributed by atoms with Crippen molar-refractivity contribution < 1.29 is 38.2 Å². The van der Waals surface area contributed by atoms with E-state index in [1.807, 2.05) is 13.0 Å². The molecular weight excluding hydrogens is 785 g/mol. The monoisotopic (exact) mass is 851 g/mol. The fourth-order valence-corrected chi connectivity index (χ4v) is 6.35. The molecule has 1 aliphatic heterocycles. The molecule has 0 spiro atoms. The number of nitriles is 1. The van der Waals surface area contributed by atoms with E-state index >= 15 is 0 Å². The van der Waals surface area contributed by atoms with Gasteiger partial charge in [0.05, 0.1) is 19.2 Å². The molecule has 2 aromatic carbocycles. The van der Waals surface area contributed by atoms with Crippen molar-refractivity contribution in [1.82, 2.24) is 31.5 Å². The van der Waals surface area contributed by atoms with Crippen molar-refractivity contribution >= 4 is 35.4 Å². The number of amides is 6. The number of unbranched alkanes of at least 4 members (excludes halogenated alkanes) is 6. The van der Waals surface area contributed by atoms with Gasteiger partial charge in [-0.3, -0.25) is 28.8 Å². The molecule has 1 aliphatic rings. The van der Waals surface area contributed by atoms with Crippen LogP contribution in [-0.4, -0.2) is 112 Å². The van der Waals surface area contributed by atoms with E-state index in [0.29, 0.717) is 40.2 Å². The van der Waals surface area contributed by atoms with E-state index in [1.54, 1.807) is 36.4 Å². The summed E-state index contributed by atoms with van der Waals surface area (Å²) in [6, 6.07) is 8.30. The minimum absolute atomic E-state index is 0.0149. The second-order valence-electron chi connectivity index (χ2n) is 14.5. The van der Waals surface area contributed by atoms with Gasteiger partial charge in [0.1, 0.15) is 49.4 Å². The molecule has 2 unspecified atom stereocenters. The Balaban J connectivity index is 0.00000414. The minimum Gasteiger partial charge on any atom is -0.492 e. The van der Waals surface area contributed by atoms with Crippen LogP contribution >= 0.6 is 0 Å². The summed E-state index contributed by atoms with van der Waals surface area (Å²) >= 11 is 0. The predicted molar refractivity (Wildman–Crippen MR) is 232 cm³/mol. The lowest BCUT2D eigenvalue weighted by molar-refractivity contribution is -0.140. The Labute approximate surface area is 359 Å². The minimum atomic E-state index is -1.34. The van der Waals surface area contributed by atoms with E-state index in [-0.39, 0.29) is 51.7 Å². The first-order chi connectivity index (χ1) is 29.3. The zero-order chi connectivity index (χ0) is 45.2. The molecule has 18 nitrogen and oxygen atoms in total. The van der Waals surface area contributed by atoms with Crippen LogP contribution in [0.4, 0.5) is 0 Å². The molecule has 2 aromatic rings. The molecule has 61 heavy (non-hydrogen) atoms. The van der Waals surface area contributed by atoms with Gasteiger partial charge in [0.15, 0.2) is 0 Å². The van der Waals surface area contributed by atoms with Gasteiger partial charge in [-0.1, -0.05) is 64.5 Å². The average molecular weight is 851 g/mol. The van der Waals surface area contributed by atoms with E-state index in [1.165, 1.54) is 33.2 Å². The first-order valence-corrected chi connectivity index (χ1v) is 21.0. The SMILES string of the molecule is CCCCCCCCCC(=O)NCC(=O)NCC(=O)N(C)C1C(=O)N[C@@H](C)C(=O)NC(C(=O)NCC#N)Cc2ccc(OCCN)c(c2)-c2cc1ccc2OCCN.CCN. The molecule has 0 aliphatic carbocycles. The number of hydrogen-bond acceptors (Lipinski definition) is 12. The van der Waals surface area contributed by atoms with Crippen molar-refractivity contribution in [2.75, 3.05) is 59.5 Å². The van der Waals surface area contributed by atoms with Crippen molar-refractivity contribution in [3.63, 3.8) is 0 Å². The molecule has 0 saturated carbocycles. The molecule has 18 heteroatoms. The number of benzene rings is 2. The Kier molecular flexibility index (Phi) is 24.1. The smallest absolute Gasteiger partial charge is 0.248 e. The van der Waals surface area contributed by atoms with Crippen LogP contribution in [0.25, 0.3) is 11.1 Å². The van der Waals surface area contributed by atoms with Gasteiger partial charge in [0.2, 0.25) is 35.4 Å². The number of likely N-dealkylation sites (N-methyl/N-ethyl adjacent to an activating group) is 1. The average Bonchev–Trinajstić information content (AvgIpc) is 3.24. The molecule has 4 bridgehead atoms. The lowest BCUT2D eigenvalue weighted by atomic mass is 9.93. The number of carbonyl (C=O) groups is 6. The van der Waals surface area contributed by atoms with Gasteiger partial charge in [-0.05, 0) is 55.3 Å². The molecule has 11 N–H and O–H groups in total. The summed E-state index contributed by atoms with van der Waals surface area (Å²) in [4.78, 5) is 80.6. The topological polar surface area (TPSA) is 286 Å². The summed E-state index contributed by atoms with van der Waals surface area (Å²) in [7, 11) is 1.39. The first kappa shape index (κ1) is 51.4. The second kappa shape index (κ2) is 28.7. The maximum Gasteiger partial charge on any atom is 0.248 e. The van der Waals surface area contributed by atoms with Crippen LogP contribution < -0.4 is 53.3 Å². The van der Waals surface area contributed by atoms with Crippen LogP contribution in [0.5, 0.6) is 11.5 Å². The van der Waals surface area contributed by atoms with Gasteiger partial charge in [0.25, 0.3) is 0 Å². The molecule has 1 heterocycles. The van der Waals surface area contributed by atoms with Crippen molar-refractivity contribution in [2.24, 2.45) is 17.2 Å². The number of nitrogens with two attached hydrogens (primary N) is 3. The zero-order valence-electron chi connectivity index (χ0n) is 36.1. The van der Waals surface area contributed by atoms with Crippen LogP contribution in [0.2, 0.25) is 0 Å². The van der Waals surface area contributed by atoms with E-state index < -0.39 is 54.2 Å². The molecule has 0 saturated heterocycles. The molecular formula is C43H66N10O8. The lowest BCUT2D eigenvalue weighted by Gasteiger charge is -2.30. The van der Waals surface area contributed by atoms with Gasteiger partial charge >= 0.3 is 0 Å². The first-order valence-electron chi connectivity index (χ1n) is 21.0. The summed E-state index contributed by atoms with van der Waals surface area (Å²) in [6.07, 6.45) is 7.72. The lowest BCUT2D eigenvalue weighted by Crippen LogP contribution is -2.55. The third-order valence-electron chi connectivity index (χ3n) is 9.49. The van der Waals surface area contributed by atoms with E-state index in [9.17, 15) is 28.8 Å². The summed E-state index contributed by atoms with van der Waals surface area (Å²) in [5.74, 6) is -2.74. The highest BCUT2D eigenvalue weighted by atomic mass is 16.5. The molecule has 3 atom stereocenters. The summed E-state index contributed by atoms with van der Waals surface area (Å²) in [5, 5.41) is 22.0. The van der Waals surface area contributed by atoms with Gasteiger partial charge in [-0.2, -0.15) is 5.26 Å². The van der Waals surface area contributed by atoms with E-state index in [0.717, 1.165) is 37.1 Å². The van der Waals surface area contributed by atoms with Gasteiger partial charge in [0, 0.05) is 44.1 Å². The number of nitrogens with one attached hydrogen (secondary N) is 5. The number of fused-ring (bicyclic) bond motifs is 5. The Morgan fingerprint density at radius 2 is 1.39 bits per heavy atom. The second-order valence-corrected chi connectivity index (χ2v) is 14.5. The summed E-state index contributed by atoms with van der Waals surface area (Å²) in [5.41, 5.74) is 18.3. The van der Waals surface area contributed by atoms with E-state index in [2.05, 4.69) is 33.5 Å². The van der Waals surface area contributed by atoms with Crippen LogP contribution in [0.3, 0.4) is 0 Å². The Morgan fingerprint density at radius 3 is 2.02 bits per heavy atom. The number of carbonyl (C=O) groups excluding carboxylic acids is 6. The highest BCUT2D eigenvalue weighted by molar-refractivity contribution is 5.96. The molecule has 6 amide bonds. The summed E-state index contributed by atoms with van der Waals surface area (Å²) in [6.45, 7) is 5.86. The van der Waals surface area contributed by atoms with E-state index in [4.69, 9.17) is 31.9 Å². The fraction of sp³-hybridized carbons (Fsp3) is 0.558. The van der Waals surface area contributed by atoms with Crippen LogP contribution in [0, 0.1) is 11.3 Å². The Hall–Kier alpha value is -5.77. The third-order valence-corrected chi connectivity index (χ3v) is 9.49. The summed E-state index contributed by atoms with van der Waals surface area (Å²) < 4.78 is 12.0. The molecule has 0 aromatic heterocycles. The fourth-order valence-electron chi connectivity index (χ4n) is 6.35. The predicted octanol–water partition coefficient (Wildman–Crippen LogP) is 1.05. The van der Waals surface area contributed by atoms with Gasteiger partial charge in [-0.15, -0.1) is 0 Å². The number of ether oxygens (including phenoxy) is 2. The number of nitrogens with zero attached hydrogens (tertiary/aromatic N) is 2. The molecule has 336 valence electrons. The molecule has 0 fully saturated rings. The third kappa shape index (κ3) is 17.8. The maximum absolute atomic E-state index is 14.2. The molecule has 3 rings (SSSR count).